The van der Waals surface area contributed by atoms with Crippen molar-refractivity contribution in [3.63, 3.8) is 0 Å². The molecule has 3 atom stereocenters. The van der Waals surface area contributed by atoms with E-state index < -0.39 is 48.3 Å². The number of nitrogens with one attached hydrogen (secondary N) is 3. The van der Waals surface area contributed by atoms with Crippen LogP contribution in [0.15, 0.2) is 12.5 Å². The quantitative estimate of drug-likeness (QED) is 0.286. The molecule has 11 nitrogen and oxygen atoms in total. The molecule has 11 heteroatoms. The molecule has 0 aliphatic heterocycles. The summed E-state index contributed by atoms with van der Waals surface area (Å²) in [5.74, 6) is -4.40. The van der Waals surface area contributed by atoms with E-state index in [4.69, 9.17) is 10.8 Å². The summed E-state index contributed by atoms with van der Waals surface area (Å²) >= 11 is 0. The highest BCUT2D eigenvalue weighted by molar-refractivity contribution is 5.93. The molecule has 7 N–H and O–H groups in total. The molecule has 0 saturated heterocycles. The number of carboxylic acid groups (broad SMARTS) is 2. The van der Waals surface area contributed by atoms with E-state index >= 15 is 0 Å². The lowest BCUT2D eigenvalue weighted by Crippen LogP contribution is -2.56. The molecule has 0 aliphatic rings. The Labute approximate surface area is 149 Å². The number of aromatic nitrogens is 2. The monoisotopic (exact) mass is 369 g/mol. The zero-order valence-electron chi connectivity index (χ0n) is 14.4. The van der Waals surface area contributed by atoms with E-state index in [1.54, 1.807) is 13.8 Å². The van der Waals surface area contributed by atoms with Gasteiger partial charge in [-0.05, 0) is 5.92 Å². The van der Waals surface area contributed by atoms with Crippen molar-refractivity contribution >= 4 is 23.8 Å². The van der Waals surface area contributed by atoms with Gasteiger partial charge in [-0.25, -0.2) is 9.78 Å². The molecule has 3 unspecified atom stereocenters. The Morgan fingerprint density at radius 3 is 2.31 bits per heavy atom. The molecule has 1 aromatic heterocycles. The van der Waals surface area contributed by atoms with Gasteiger partial charge in [0.2, 0.25) is 11.8 Å². The first-order valence-electron chi connectivity index (χ1n) is 7.90. The standard InChI is InChI=1S/C15H23N5O6/c1-7(2)12(15(25)26)20-14(24)10(3-8-5-17-6-18-8)19-13(23)9(16)4-11(21)22/h5-7,9-10,12H,3-4,16H2,1-2H3,(H,17,18)(H,19,23)(H,20,24)(H,21,22)(H,25,26). The summed E-state index contributed by atoms with van der Waals surface area (Å²) in [6, 6.07) is -3.63. The van der Waals surface area contributed by atoms with Crippen LogP contribution in [0.5, 0.6) is 0 Å². The highest BCUT2D eigenvalue weighted by Crippen LogP contribution is 2.05. The Balaban J connectivity index is 2.90. The van der Waals surface area contributed by atoms with Crippen molar-refractivity contribution in [1.29, 1.82) is 0 Å². The second kappa shape index (κ2) is 9.51. The Morgan fingerprint density at radius 2 is 1.85 bits per heavy atom. The number of hydrogen-bond donors (Lipinski definition) is 6. The fourth-order valence-electron chi connectivity index (χ4n) is 2.15. The second-order valence-electron chi connectivity index (χ2n) is 6.12. The van der Waals surface area contributed by atoms with Crippen LogP contribution in [-0.2, 0) is 25.6 Å². The lowest BCUT2D eigenvalue weighted by Gasteiger charge is -2.23. The Hall–Kier alpha value is -2.95. The summed E-state index contributed by atoms with van der Waals surface area (Å²) in [6.07, 6.45) is 2.23. The third-order valence-electron chi connectivity index (χ3n) is 3.57. The number of aliphatic carboxylic acids is 2. The SMILES string of the molecule is CC(C)C(NC(=O)C(Cc1cnc[nH]1)NC(=O)C(N)CC(=O)O)C(=O)O. The molecule has 0 radical (unpaired) electrons. The van der Waals surface area contributed by atoms with Gasteiger partial charge >= 0.3 is 11.9 Å². The minimum Gasteiger partial charge on any atom is -0.481 e. The van der Waals surface area contributed by atoms with Gasteiger partial charge in [0.15, 0.2) is 0 Å². The molecule has 144 valence electrons. The Morgan fingerprint density at radius 1 is 1.19 bits per heavy atom. The zero-order chi connectivity index (χ0) is 19.9. The molecule has 0 saturated carbocycles. The van der Waals surface area contributed by atoms with Crippen LogP contribution in [0.2, 0.25) is 0 Å². The predicted octanol–water partition coefficient (Wildman–Crippen LogP) is -1.54. The summed E-state index contributed by atoms with van der Waals surface area (Å²) < 4.78 is 0. The number of nitrogens with zero attached hydrogens (tertiary/aromatic N) is 1. The average Bonchev–Trinajstić information content (AvgIpc) is 3.03. The number of hydrogen-bond acceptors (Lipinski definition) is 6. The van der Waals surface area contributed by atoms with Gasteiger partial charge in [0.25, 0.3) is 0 Å². The van der Waals surface area contributed by atoms with E-state index in [1.807, 2.05) is 0 Å². The van der Waals surface area contributed by atoms with Crippen molar-refractivity contribution in [2.45, 2.75) is 44.8 Å². The lowest BCUT2D eigenvalue weighted by molar-refractivity contribution is -0.143. The summed E-state index contributed by atoms with van der Waals surface area (Å²) in [6.45, 7) is 3.26. The molecule has 0 fully saturated rings. The largest absolute Gasteiger partial charge is 0.481 e. The van der Waals surface area contributed by atoms with Crippen LogP contribution >= 0.6 is 0 Å². The number of H-pyrrole nitrogens is 1. The fraction of sp³-hybridized carbons (Fsp3) is 0.533. The van der Waals surface area contributed by atoms with E-state index in [9.17, 15) is 24.3 Å². The van der Waals surface area contributed by atoms with Gasteiger partial charge in [-0.2, -0.15) is 0 Å². The molecular weight excluding hydrogens is 346 g/mol. The number of aromatic amines is 1. The fourth-order valence-corrected chi connectivity index (χ4v) is 2.15. The van der Waals surface area contributed by atoms with Crippen molar-refractivity contribution in [1.82, 2.24) is 20.6 Å². The molecule has 0 aromatic carbocycles. The summed E-state index contributed by atoms with van der Waals surface area (Å²) in [5, 5.41) is 22.6. The van der Waals surface area contributed by atoms with Crippen LogP contribution < -0.4 is 16.4 Å². The lowest BCUT2D eigenvalue weighted by atomic mass is 10.0. The highest BCUT2D eigenvalue weighted by Gasteiger charge is 2.30. The van der Waals surface area contributed by atoms with Gasteiger partial charge in [0.1, 0.15) is 12.1 Å². The first-order valence-corrected chi connectivity index (χ1v) is 7.90. The number of carboxylic acids is 2. The number of rotatable bonds is 10. The Kier molecular flexibility index (Phi) is 7.72. The highest BCUT2D eigenvalue weighted by atomic mass is 16.4. The van der Waals surface area contributed by atoms with Crippen molar-refractivity contribution in [2.24, 2.45) is 11.7 Å². The van der Waals surface area contributed by atoms with Gasteiger partial charge in [0, 0.05) is 18.3 Å². The number of nitrogens with two attached hydrogens (primary N) is 1. The molecule has 0 spiro atoms. The van der Waals surface area contributed by atoms with Crippen LogP contribution in [0.3, 0.4) is 0 Å². The van der Waals surface area contributed by atoms with Crippen molar-refractivity contribution < 1.29 is 29.4 Å². The third kappa shape index (κ3) is 6.51. The molecule has 0 bridgehead atoms. The topological polar surface area (TPSA) is 187 Å². The summed E-state index contributed by atoms with van der Waals surface area (Å²) in [7, 11) is 0. The number of carbonyl (C=O) groups is 4. The molecule has 26 heavy (non-hydrogen) atoms. The second-order valence-corrected chi connectivity index (χ2v) is 6.12. The maximum atomic E-state index is 12.5. The van der Waals surface area contributed by atoms with E-state index in [0.29, 0.717) is 5.69 Å². The predicted molar refractivity (Wildman–Crippen MR) is 88.9 cm³/mol. The smallest absolute Gasteiger partial charge is 0.326 e. The minimum atomic E-state index is -1.34. The minimum absolute atomic E-state index is 0.00178. The van der Waals surface area contributed by atoms with Crippen LogP contribution in [0, 0.1) is 5.92 Å². The van der Waals surface area contributed by atoms with Gasteiger partial charge in [-0.1, -0.05) is 13.8 Å². The number of imidazole rings is 1. The Bertz CT molecular complexity index is 645. The zero-order valence-corrected chi connectivity index (χ0v) is 14.4. The molecular formula is C15H23N5O6. The maximum absolute atomic E-state index is 12.5. The molecule has 1 aromatic rings. The number of amides is 2. The normalized spacial score (nSPS) is 14.3. The summed E-state index contributed by atoms with van der Waals surface area (Å²) in [5.41, 5.74) is 6.02. The summed E-state index contributed by atoms with van der Waals surface area (Å²) in [4.78, 5) is 53.1. The van der Waals surface area contributed by atoms with E-state index in [-0.39, 0.29) is 12.3 Å². The average molecular weight is 369 g/mol. The molecule has 0 aliphatic carbocycles. The van der Waals surface area contributed by atoms with Crippen molar-refractivity contribution in [3.8, 4) is 0 Å². The van der Waals surface area contributed by atoms with Crippen LogP contribution in [0.25, 0.3) is 0 Å². The van der Waals surface area contributed by atoms with E-state index in [0.717, 1.165) is 0 Å². The van der Waals surface area contributed by atoms with Gasteiger partial charge in [0.05, 0.1) is 18.8 Å². The molecule has 2 amide bonds. The van der Waals surface area contributed by atoms with Gasteiger partial charge < -0.3 is 31.6 Å². The number of carbonyl (C=O) groups excluding carboxylic acids is 2. The van der Waals surface area contributed by atoms with Crippen molar-refractivity contribution in [2.75, 3.05) is 0 Å². The van der Waals surface area contributed by atoms with Crippen LogP contribution in [-0.4, -0.2) is 62.1 Å². The van der Waals surface area contributed by atoms with Crippen LogP contribution in [0.1, 0.15) is 26.0 Å². The maximum Gasteiger partial charge on any atom is 0.326 e. The van der Waals surface area contributed by atoms with Crippen molar-refractivity contribution in [3.05, 3.63) is 18.2 Å². The third-order valence-corrected chi connectivity index (χ3v) is 3.57. The van der Waals surface area contributed by atoms with Gasteiger partial charge in [-0.15, -0.1) is 0 Å². The first kappa shape index (κ1) is 21.1. The van der Waals surface area contributed by atoms with E-state index in [2.05, 4.69) is 20.6 Å². The molecule has 1 rings (SSSR count). The van der Waals surface area contributed by atoms with Gasteiger partial charge in [-0.3, -0.25) is 14.4 Å². The molecule has 1 heterocycles. The first-order chi connectivity index (χ1) is 12.1. The van der Waals surface area contributed by atoms with Crippen LogP contribution in [0.4, 0.5) is 0 Å². The van der Waals surface area contributed by atoms with E-state index in [1.165, 1.54) is 12.5 Å².